The lowest BCUT2D eigenvalue weighted by Crippen LogP contribution is -2.34. The molecule has 0 radical (unpaired) electrons. The zero-order valence-corrected chi connectivity index (χ0v) is 14.0. The maximum absolute atomic E-state index is 9.69. The van der Waals surface area contributed by atoms with E-state index >= 15 is 0 Å². The van der Waals surface area contributed by atoms with Gasteiger partial charge in [0.05, 0.1) is 9.52 Å². The Labute approximate surface area is 93.1 Å². The molecule has 0 aromatic carbocycles. The van der Waals surface area contributed by atoms with E-state index in [4.69, 9.17) is 4.43 Å². The fraction of sp³-hybridized carbons (Fsp3) is 1.00. The Bertz CT molecular complexity index is 160. The SMILES string of the molecule is CC(O[Si](C)(C)C)[SiH2]CC[Si](C)(C)O. The average Bonchev–Trinajstić information content (AvgIpc) is 1.78. The lowest BCUT2D eigenvalue weighted by atomic mass is 10.9. The lowest BCUT2D eigenvalue weighted by molar-refractivity contribution is 0.290. The van der Waals surface area contributed by atoms with Crippen LogP contribution in [0.4, 0.5) is 0 Å². The third kappa shape index (κ3) is 10.7. The van der Waals surface area contributed by atoms with Crippen LogP contribution in [-0.4, -0.2) is 36.7 Å². The standard InChI is InChI=1S/C9H26O2Si3/c1-9(11-13(2,3)4)12-7-8-14(5,6)10/h9-10H,7-8,12H2,1-6H3. The van der Waals surface area contributed by atoms with Crippen molar-refractivity contribution in [1.29, 1.82) is 0 Å². The van der Waals surface area contributed by atoms with Gasteiger partial charge in [-0.3, -0.25) is 0 Å². The van der Waals surface area contributed by atoms with Crippen LogP contribution in [-0.2, 0) is 4.43 Å². The summed E-state index contributed by atoms with van der Waals surface area (Å²) in [6.07, 6.45) is 0. The van der Waals surface area contributed by atoms with Crippen LogP contribution < -0.4 is 0 Å². The first-order valence-corrected chi connectivity index (χ1v) is 13.9. The van der Waals surface area contributed by atoms with Crippen LogP contribution in [0.5, 0.6) is 0 Å². The van der Waals surface area contributed by atoms with Gasteiger partial charge in [0.2, 0.25) is 0 Å². The molecule has 0 spiro atoms. The topological polar surface area (TPSA) is 29.5 Å². The fourth-order valence-corrected chi connectivity index (χ4v) is 9.52. The van der Waals surface area contributed by atoms with E-state index in [1.165, 1.54) is 6.04 Å². The van der Waals surface area contributed by atoms with Gasteiger partial charge in [0, 0.05) is 5.73 Å². The molecule has 1 unspecified atom stereocenters. The highest BCUT2D eigenvalue weighted by molar-refractivity contribution is 6.71. The first-order chi connectivity index (χ1) is 6.10. The van der Waals surface area contributed by atoms with Crippen LogP contribution in [0.25, 0.3) is 0 Å². The van der Waals surface area contributed by atoms with E-state index < -0.39 is 16.6 Å². The predicted molar refractivity (Wildman–Crippen MR) is 71.8 cm³/mol. The number of hydrogen-bond donors (Lipinski definition) is 1. The van der Waals surface area contributed by atoms with Crippen molar-refractivity contribution in [3.63, 3.8) is 0 Å². The molecule has 0 fully saturated rings. The summed E-state index contributed by atoms with van der Waals surface area (Å²) in [5, 5.41) is 0. The molecule has 0 saturated carbocycles. The van der Waals surface area contributed by atoms with Crippen molar-refractivity contribution in [3.05, 3.63) is 0 Å². The second-order valence-electron chi connectivity index (χ2n) is 5.75. The van der Waals surface area contributed by atoms with Crippen molar-refractivity contribution in [3.8, 4) is 0 Å². The Hall–Kier alpha value is 0.571. The first kappa shape index (κ1) is 14.6. The summed E-state index contributed by atoms with van der Waals surface area (Å²) >= 11 is 0. The Kier molecular flexibility index (Phi) is 5.83. The number of rotatable bonds is 6. The highest BCUT2D eigenvalue weighted by atomic mass is 28.4. The predicted octanol–water partition coefficient (Wildman–Crippen LogP) is 1.97. The maximum atomic E-state index is 9.69. The van der Waals surface area contributed by atoms with E-state index in [0.29, 0.717) is 5.73 Å². The molecule has 0 amide bonds. The fourth-order valence-electron chi connectivity index (χ4n) is 1.48. The Morgan fingerprint density at radius 3 is 2.07 bits per heavy atom. The Balaban J connectivity index is 3.60. The van der Waals surface area contributed by atoms with Crippen molar-refractivity contribution in [2.24, 2.45) is 0 Å². The molecular formula is C9H26O2Si3. The van der Waals surface area contributed by atoms with E-state index in [0.717, 1.165) is 6.04 Å². The van der Waals surface area contributed by atoms with Gasteiger partial charge in [-0.05, 0) is 45.7 Å². The van der Waals surface area contributed by atoms with Crippen molar-refractivity contribution in [2.45, 2.75) is 57.5 Å². The minimum Gasteiger partial charge on any atom is -0.432 e. The van der Waals surface area contributed by atoms with Gasteiger partial charge in [0.25, 0.3) is 0 Å². The lowest BCUT2D eigenvalue weighted by Gasteiger charge is -2.24. The van der Waals surface area contributed by atoms with Crippen molar-refractivity contribution in [1.82, 2.24) is 0 Å². The summed E-state index contributed by atoms with van der Waals surface area (Å²) in [6, 6.07) is 2.29. The molecule has 14 heavy (non-hydrogen) atoms. The minimum absolute atomic E-state index is 0.137. The van der Waals surface area contributed by atoms with Crippen LogP contribution in [0.15, 0.2) is 0 Å². The first-order valence-electron chi connectivity index (χ1n) is 5.50. The molecule has 1 atom stereocenters. The molecule has 2 nitrogen and oxygen atoms in total. The third-order valence-electron chi connectivity index (χ3n) is 1.95. The van der Waals surface area contributed by atoms with Gasteiger partial charge >= 0.3 is 0 Å². The highest BCUT2D eigenvalue weighted by Crippen LogP contribution is 2.11. The molecule has 0 bridgehead atoms. The largest absolute Gasteiger partial charge is 0.432 e. The second-order valence-corrected chi connectivity index (χ2v) is 16.8. The van der Waals surface area contributed by atoms with Crippen LogP contribution in [0.3, 0.4) is 0 Å². The van der Waals surface area contributed by atoms with Gasteiger partial charge in [-0.2, -0.15) is 0 Å². The zero-order valence-electron chi connectivity index (χ0n) is 10.6. The monoisotopic (exact) mass is 250 g/mol. The Morgan fingerprint density at radius 1 is 1.21 bits per heavy atom. The molecule has 0 aromatic rings. The summed E-state index contributed by atoms with van der Waals surface area (Å²) in [6.45, 7) is 13.0. The highest BCUT2D eigenvalue weighted by Gasteiger charge is 2.20. The van der Waals surface area contributed by atoms with Gasteiger partial charge in [-0.15, -0.1) is 0 Å². The van der Waals surface area contributed by atoms with Gasteiger partial charge < -0.3 is 9.22 Å². The molecule has 5 heteroatoms. The summed E-state index contributed by atoms with van der Waals surface area (Å²) < 4.78 is 5.99. The molecule has 0 aromatic heterocycles. The van der Waals surface area contributed by atoms with Crippen LogP contribution in [0.2, 0.25) is 44.8 Å². The van der Waals surface area contributed by atoms with Crippen LogP contribution in [0, 0.1) is 0 Å². The third-order valence-corrected chi connectivity index (χ3v) is 7.42. The summed E-state index contributed by atoms with van der Waals surface area (Å²) in [4.78, 5) is 9.69. The van der Waals surface area contributed by atoms with E-state index in [2.05, 4.69) is 26.6 Å². The molecule has 1 N–H and O–H groups in total. The Morgan fingerprint density at radius 2 is 1.71 bits per heavy atom. The molecule has 0 rings (SSSR count). The van der Waals surface area contributed by atoms with Gasteiger partial charge in [-0.1, -0.05) is 6.04 Å². The van der Waals surface area contributed by atoms with E-state index in [1.807, 2.05) is 13.1 Å². The summed E-state index contributed by atoms with van der Waals surface area (Å²) in [5.74, 6) is 0. The van der Waals surface area contributed by atoms with Crippen molar-refractivity contribution in [2.75, 3.05) is 0 Å². The average molecular weight is 251 g/mol. The summed E-state index contributed by atoms with van der Waals surface area (Å²) in [7, 11) is -3.26. The van der Waals surface area contributed by atoms with Gasteiger partial charge in [0.1, 0.15) is 0 Å². The van der Waals surface area contributed by atoms with E-state index in [1.54, 1.807) is 0 Å². The summed E-state index contributed by atoms with van der Waals surface area (Å²) in [5.41, 5.74) is 0.498. The van der Waals surface area contributed by atoms with Crippen LogP contribution >= 0.6 is 0 Å². The number of hydrogen-bond acceptors (Lipinski definition) is 2. The van der Waals surface area contributed by atoms with Gasteiger partial charge in [0.15, 0.2) is 16.6 Å². The molecule has 0 aliphatic carbocycles. The van der Waals surface area contributed by atoms with Crippen LogP contribution in [0.1, 0.15) is 6.92 Å². The smallest absolute Gasteiger partial charge is 0.183 e. The van der Waals surface area contributed by atoms with Crippen molar-refractivity contribution < 1.29 is 9.22 Å². The molecule has 0 saturated heterocycles. The quantitative estimate of drug-likeness (QED) is 0.731. The van der Waals surface area contributed by atoms with E-state index in [9.17, 15) is 4.80 Å². The second kappa shape index (κ2) is 5.60. The molecule has 0 heterocycles. The molecule has 0 aliphatic heterocycles. The normalized spacial score (nSPS) is 16.5. The molecule has 86 valence electrons. The van der Waals surface area contributed by atoms with Gasteiger partial charge in [-0.25, -0.2) is 0 Å². The maximum Gasteiger partial charge on any atom is 0.183 e. The minimum atomic E-state index is -1.79. The molecular weight excluding hydrogens is 224 g/mol. The molecule has 0 aliphatic rings. The zero-order chi connectivity index (χ0) is 11.4. The van der Waals surface area contributed by atoms with Crippen molar-refractivity contribution >= 4 is 26.2 Å². The van der Waals surface area contributed by atoms with E-state index in [-0.39, 0.29) is 9.52 Å².